The summed E-state index contributed by atoms with van der Waals surface area (Å²) in [5, 5.41) is 0. The van der Waals surface area contributed by atoms with Gasteiger partial charge in [-0.05, 0) is 37.1 Å². The van der Waals surface area contributed by atoms with E-state index in [0.29, 0.717) is 11.7 Å². The quantitative estimate of drug-likeness (QED) is 0.777. The number of hydrogen-bond acceptors (Lipinski definition) is 4. The number of likely N-dealkylation sites (tertiary alicyclic amines) is 1. The Balaban J connectivity index is 1.21. The van der Waals surface area contributed by atoms with Crippen LogP contribution in [0.25, 0.3) is 0 Å². The molecule has 2 aromatic rings. The molecule has 2 saturated heterocycles. The molecular formula is C23H28FN3O2. The third-order valence-electron chi connectivity index (χ3n) is 5.95. The lowest BCUT2D eigenvalue weighted by molar-refractivity contribution is -0.135. The number of rotatable bonds is 5. The van der Waals surface area contributed by atoms with Gasteiger partial charge in [0.15, 0.2) is 6.61 Å². The monoisotopic (exact) mass is 397 g/mol. The maximum atomic E-state index is 14.0. The zero-order valence-electron chi connectivity index (χ0n) is 16.7. The summed E-state index contributed by atoms with van der Waals surface area (Å²) < 4.78 is 19.6. The van der Waals surface area contributed by atoms with Gasteiger partial charge in [0, 0.05) is 45.3 Å². The second-order valence-electron chi connectivity index (χ2n) is 7.69. The predicted octanol–water partition coefficient (Wildman–Crippen LogP) is 3.02. The van der Waals surface area contributed by atoms with Crippen LogP contribution in [0.5, 0.6) is 5.75 Å². The molecule has 0 spiro atoms. The minimum absolute atomic E-state index is 0.0525. The van der Waals surface area contributed by atoms with E-state index in [9.17, 15) is 9.18 Å². The summed E-state index contributed by atoms with van der Waals surface area (Å²) in [5.74, 6) is 0.630. The standard InChI is InChI=1S/C23H28FN3O2/c24-21-8-4-5-9-22(21)26-16-14-25(15-17-26)19-10-12-27(13-11-19)23(28)18-29-20-6-2-1-3-7-20/h1-9,19H,10-18H2. The fourth-order valence-electron chi connectivity index (χ4n) is 4.27. The zero-order valence-corrected chi connectivity index (χ0v) is 16.7. The number of carbonyl (C=O) groups excluding carboxylic acids is 1. The smallest absolute Gasteiger partial charge is 0.260 e. The molecule has 5 nitrogen and oxygen atoms in total. The largest absolute Gasteiger partial charge is 0.484 e. The molecule has 2 aliphatic heterocycles. The molecule has 154 valence electrons. The number of halogens is 1. The van der Waals surface area contributed by atoms with Crippen molar-refractivity contribution >= 4 is 11.6 Å². The first-order valence-electron chi connectivity index (χ1n) is 10.4. The summed E-state index contributed by atoms with van der Waals surface area (Å²) in [7, 11) is 0. The Morgan fingerprint density at radius 3 is 2.24 bits per heavy atom. The number of piperazine rings is 1. The van der Waals surface area contributed by atoms with Crippen molar-refractivity contribution in [3.05, 3.63) is 60.4 Å². The number of benzene rings is 2. The van der Waals surface area contributed by atoms with E-state index in [0.717, 1.165) is 57.9 Å². The molecule has 0 bridgehead atoms. The average Bonchev–Trinajstić information content (AvgIpc) is 2.79. The van der Waals surface area contributed by atoms with Crippen LogP contribution >= 0.6 is 0 Å². The highest BCUT2D eigenvalue weighted by atomic mass is 19.1. The predicted molar refractivity (Wildman–Crippen MR) is 112 cm³/mol. The number of nitrogens with zero attached hydrogens (tertiary/aromatic N) is 3. The summed E-state index contributed by atoms with van der Waals surface area (Å²) in [6, 6.07) is 16.9. The summed E-state index contributed by atoms with van der Waals surface area (Å²) >= 11 is 0. The van der Waals surface area contributed by atoms with E-state index in [4.69, 9.17) is 4.74 Å². The molecule has 0 aliphatic carbocycles. The van der Waals surface area contributed by atoms with Gasteiger partial charge in [0.2, 0.25) is 0 Å². The molecule has 0 radical (unpaired) electrons. The van der Waals surface area contributed by atoms with Crippen molar-refractivity contribution in [3.8, 4) is 5.75 Å². The Morgan fingerprint density at radius 2 is 1.55 bits per heavy atom. The second kappa shape index (κ2) is 9.27. The first kappa shape index (κ1) is 19.7. The maximum absolute atomic E-state index is 14.0. The van der Waals surface area contributed by atoms with Crippen LogP contribution in [-0.4, -0.2) is 67.6 Å². The van der Waals surface area contributed by atoms with Crippen molar-refractivity contribution in [1.82, 2.24) is 9.80 Å². The van der Waals surface area contributed by atoms with Crippen molar-refractivity contribution in [1.29, 1.82) is 0 Å². The molecule has 4 rings (SSSR count). The normalized spacial score (nSPS) is 18.7. The van der Waals surface area contributed by atoms with Crippen LogP contribution in [0.4, 0.5) is 10.1 Å². The summed E-state index contributed by atoms with van der Waals surface area (Å²) in [6.07, 6.45) is 1.97. The minimum atomic E-state index is -0.148. The van der Waals surface area contributed by atoms with Crippen LogP contribution in [0, 0.1) is 5.82 Å². The Morgan fingerprint density at radius 1 is 0.897 bits per heavy atom. The highest BCUT2D eigenvalue weighted by Gasteiger charge is 2.29. The van der Waals surface area contributed by atoms with E-state index in [1.807, 2.05) is 47.4 Å². The molecular weight excluding hydrogens is 369 g/mol. The lowest BCUT2D eigenvalue weighted by atomic mass is 10.0. The molecule has 0 N–H and O–H groups in total. The molecule has 29 heavy (non-hydrogen) atoms. The summed E-state index contributed by atoms with van der Waals surface area (Å²) in [6.45, 7) is 5.18. The number of hydrogen-bond donors (Lipinski definition) is 0. The maximum Gasteiger partial charge on any atom is 0.260 e. The molecule has 2 aliphatic rings. The second-order valence-corrected chi connectivity index (χ2v) is 7.69. The molecule has 0 atom stereocenters. The van der Waals surface area contributed by atoms with Gasteiger partial charge < -0.3 is 14.5 Å². The molecule has 2 aromatic carbocycles. The fraction of sp³-hybridized carbons (Fsp3) is 0.435. The number of amides is 1. The van der Waals surface area contributed by atoms with E-state index in [2.05, 4.69) is 9.80 Å². The molecule has 6 heteroatoms. The highest BCUT2D eigenvalue weighted by molar-refractivity contribution is 5.77. The van der Waals surface area contributed by atoms with E-state index in [1.165, 1.54) is 6.07 Å². The first-order valence-corrected chi connectivity index (χ1v) is 10.4. The van der Waals surface area contributed by atoms with Crippen molar-refractivity contribution in [2.45, 2.75) is 18.9 Å². The van der Waals surface area contributed by atoms with Crippen LogP contribution in [0.3, 0.4) is 0 Å². The van der Waals surface area contributed by atoms with Crippen LogP contribution < -0.4 is 9.64 Å². The van der Waals surface area contributed by atoms with Gasteiger partial charge in [0.05, 0.1) is 5.69 Å². The lowest BCUT2D eigenvalue weighted by Gasteiger charge is -2.43. The van der Waals surface area contributed by atoms with Crippen molar-refractivity contribution in [3.63, 3.8) is 0 Å². The van der Waals surface area contributed by atoms with E-state index >= 15 is 0 Å². The Bertz CT molecular complexity index is 801. The van der Waals surface area contributed by atoms with E-state index < -0.39 is 0 Å². The highest BCUT2D eigenvalue weighted by Crippen LogP contribution is 2.23. The van der Waals surface area contributed by atoms with Gasteiger partial charge >= 0.3 is 0 Å². The number of carbonyl (C=O) groups is 1. The van der Waals surface area contributed by atoms with E-state index in [1.54, 1.807) is 6.07 Å². The Hall–Kier alpha value is -2.60. The van der Waals surface area contributed by atoms with Crippen molar-refractivity contribution < 1.29 is 13.9 Å². The van der Waals surface area contributed by atoms with Crippen LogP contribution in [-0.2, 0) is 4.79 Å². The summed E-state index contributed by atoms with van der Waals surface area (Å²) in [5.41, 5.74) is 0.700. The zero-order chi connectivity index (χ0) is 20.1. The van der Waals surface area contributed by atoms with Gasteiger partial charge in [-0.2, -0.15) is 0 Å². The molecule has 2 heterocycles. The molecule has 2 fully saturated rings. The number of anilines is 1. The molecule has 0 aromatic heterocycles. The minimum Gasteiger partial charge on any atom is -0.484 e. The third-order valence-corrected chi connectivity index (χ3v) is 5.95. The number of piperidine rings is 1. The van der Waals surface area contributed by atoms with Gasteiger partial charge in [-0.1, -0.05) is 30.3 Å². The van der Waals surface area contributed by atoms with Gasteiger partial charge in [-0.25, -0.2) is 4.39 Å². The van der Waals surface area contributed by atoms with Gasteiger partial charge in [0.25, 0.3) is 5.91 Å². The lowest BCUT2D eigenvalue weighted by Crippen LogP contribution is -2.54. The van der Waals surface area contributed by atoms with Gasteiger partial charge in [-0.3, -0.25) is 9.69 Å². The van der Waals surface area contributed by atoms with Crippen molar-refractivity contribution in [2.24, 2.45) is 0 Å². The van der Waals surface area contributed by atoms with Gasteiger partial charge in [-0.15, -0.1) is 0 Å². The van der Waals surface area contributed by atoms with Crippen LogP contribution in [0.15, 0.2) is 54.6 Å². The van der Waals surface area contributed by atoms with Gasteiger partial charge in [0.1, 0.15) is 11.6 Å². The topological polar surface area (TPSA) is 36.0 Å². The van der Waals surface area contributed by atoms with Crippen LogP contribution in [0.2, 0.25) is 0 Å². The summed E-state index contributed by atoms with van der Waals surface area (Å²) in [4.78, 5) is 19.0. The van der Waals surface area contributed by atoms with E-state index in [-0.39, 0.29) is 18.3 Å². The number of para-hydroxylation sites is 2. The molecule has 1 amide bonds. The van der Waals surface area contributed by atoms with Crippen molar-refractivity contribution in [2.75, 3.05) is 50.8 Å². The SMILES string of the molecule is O=C(COc1ccccc1)N1CCC(N2CCN(c3ccccc3F)CC2)CC1. The van der Waals surface area contributed by atoms with Crippen LogP contribution in [0.1, 0.15) is 12.8 Å². The Kier molecular flexibility index (Phi) is 6.30. The Labute approximate surface area is 171 Å². The third kappa shape index (κ3) is 4.88. The first-order chi connectivity index (χ1) is 14.2. The molecule has 0 saturated carbocycles. The average molecular weight is 397 g/mol. The fourth-order valence-corrected chi connectivity index (χ4v) is 4.27. The molecule has 0 unspecified atom stereocenters. The number of ether oxygens (including phenoxy) is 1.